The number of allylic oxidation sites excluding steroid dienone is 3. The molecule has 2 aromatic carbocycles. The number of aliphatic carboxylic acids is 1. The monoisotopic (exact) mass is 372 g/mol. The first kappa shape index (κ1) is 19.5. The highest BCUT2D eigenvalue weighted by Gasteiger charge is 2.24. The molecule has 0 aromatic heterocycles. The second-order valence-corrected chi connectivity index (χ2v) is 7.04. The van der Waals surface area contributed by atoms with Gasteiger partial charge >= 0.3 is 5.97 Å². The van der Waals surface area contributed by atoms with E-state index in [2.05, 4.69) is 41.2 Å². The van der Waals surface area contributed by atoms with Crippen LogP contribution >= 0.6 is 0 Å². The lowest BCUT2D eigenvalue weighted by molar-refractivity contribution is -0.132. The van der Waals surface area contributed by atoms with Crippen molar-refractivity contribution < 1.29 is 9.90 Å². The zero-order chi connectivity index (χ0) is 20.3. The summed E-state index contributed by atoms with van der Waals surface area (Å²) in [4.78, 5) is 20.6. The fourth-order valence-corrected chi connectivity index (χ4v) is 3.25. The molecular formula is C24H24N2O2. The van der Waals surface area contributed by atoms with E-state index in [0.717, 1.165) is 16.7 Å². The van der Waals surface area contributed by atoms with Gasteiger partial charge in [-0.2, -0.15) is 0 Å². The lowest BCUT2D eigenvalue weighted by Gasteiger charge is -2.17. The maximum Gasteiger partial charge on any atom is 0.337 e. The first-order valence-electron chi connectivity index (χ1n) is 9.29. The molecule has 0 atom stereocenters. The van der Waals surface area contributed by atoms with Crippen molar-refractivity contribution in [2.24, 2.45) is 9.98 Å². The van der Waals surface area contributed by atoms with Crippen molar-refractivity contribution in [3.8, 4) is 11.1 Å². The van der Waals surface area contributed by atoms with Gasteiger partial charge in [-0.25, -0.2) is 4.79 Å². The molecule has 0 heterocycles. The van der Waals surface area contributed by atoms with Gasteiger partial charge in [0.1, 0.15) is 0 Å². The van der Waals surface area contributed by atoms with Gasteiger partial charge in [0.2, 0.25) is 0 Å². The predicted molar refractivity (Wildman–Crippen MR) is 116 cm³/mol. The molecule has 3 rings (SSSR count). The second kappa shape index (κ2) is 8.17. The highest BCUT2D eigenvalue weighted by molar-refractivity contribution is 6.58. The van der Waals surface area contributed by atoms with Crippen molar-refractivity contribution in [3.05, 3.63) is 77.4 Å². The van der Waals surface area contributed by atoms with E-state index >= 15 is 0 Å². The second-order valence-electron chi connectivity index (χ2n) is 7.04. The molecule has 1 aliphatic carbocycles. The molecular weight excluding hydrogens is 348 g/mol. The van der Waals surface area contributed by atoms with Crippen LogP contribution in [-0.4, -0.2) is 35.6 Å². The zero-order valence-electron chi connectivity index (χ0n) is 16.6. The Balaban J connectivity index is 2.03. The summed E-state index contributed by atoms with van der Waals surface area (Å²) < 4.78 is 0. The van der Waals surface area contributed by atoms with Crippen LogP contribution in [0.25, 0.3) is 16.7 Å². The van der Waals surface area contributed by atoms with Crippen LogP contribution in [0.1, 0.15) is 25.0 Å². The summed E-state index contributed by atoms with van der Waals surface area (Å²) in [5, 5.41) is 9.69. The molecule has 0 saturated heterocycles. The van der Waals surface area contributed by atoms with Crippen LogP contribution in [0.15, 0.2) is 76.2 Å². The Labute approximate surface area is 165 Å². The molecule has 0 spiro atoms. The quantitative estimate of drug-likeness (QED) is 0.769. The number of hydrogen-bond acceptors (Lipinski definition) is 3. The Morgan fingerprint density at radius 1 is 0.964 bits per heavy atom. The van der Waals surface area contributed by atoms with Crippen molar-refractivity contribution in [2.45, 2.75) is 26.8 Å². The van der Waals surface area contributed by atoms with Crippen molar-refractivity contribution in [2.75, 3.05) is 7.05 Å². The zero-order valence-corrected chi connectivity index (χ0v) is 16.6. The third-order valence-electron chi connectivity index (χ3n) is 4.62. The molecule has 0 radical (unpaired) electrons. The van der Waals surface area contributed by atoms with Gasteiger partial charge < -0.3 is 5.11 Å². The molecule has 0 bridgehead atoms. The van der Waals surface area contributed by atoms with Gasteiger partial charge in [-0.05, 0) is 60.8 Å². The minimum absolute atomic E-state index is 0.0159. The van der Waals surface area contributed by atoms with Crippen LogP contribution in [0.3, 0.4) is 0 Å². The van der Waals surface area contributed by atoms with Crippen LogP contribution in [0.4, 0.5) is 0 Å². The maximum absolute atomic E-state index is 11.8. The van der Waals surface area contributed by atoms with Gasteiger partial charge in [0.25, 0.3) is 0 Å². The van der Waals surface area contributed by atoms with E-state index in [1.165, 1.54) is 11.1 Å². The first-order chi connectivity index (χ1) is 13.4. The molecule has 0 fully saturated rings. The number of nitrogens with zero attached hydrogens (tertiary/aromatic N) is 2. The Morgan fingerprint density at radius 3 is 2.18 bits per heavy atom. The number of carbonyl (C=O) groups is 1. The molecule has 0 saturated carbocycles. The Morgan fingerprint density at radius 2 is 1.61 bits per heavy atom. The molecule has 2 aromatic rings. The standard InChI is InChI=1S/C24H24N2O2/c1-15(2)26-23-21(24(27)28)13-19(14-22(23)25-4)17-9-11-18(12-10-17)20-8-6-5-7-16(20)3/h5-15H,1-4H3,(H,27,28)/b25-22-,26-23-. The summed E-state index contributed by atoms with van der Waals surface area (Å²) >= 11 is 0. The van der Waals surface area contributed by atoms with Gasteiger partial charge in [0.05, 0.1) is 17.0 Å². The maximum atomic E-state index is 11.8. The minimum Gasteiger partial charge on any atom is -0.478 e. The van der Waals surface area contributed by atoms with E-state index in [4.69, 9.17) is 0 Å². The molecule has 1 N–H and O–H groups in total. The predicted octanol–water partition coefficient (Wildman–Crippen LogP) is 4.99. The van der Waals surface area contributed by atoms with Crippen molar-refractivity contribution >= 4 is 23.0 Å². The van der Waals surface area contributed by atoms with E-state index in [1.54, 1.807) is 13.1 Å². The average molecular weight is 372 g/mol. The molecule has 1 aliphatic rings. The topological polar surface area (TPSA) is 62.0 Å². The Hall–Kier alpha value is -3.27. The summed E-state index contributed by atoms with van der Waals surface area (Å²) in [7, 11) is 1.66. The minimum atomic E-state index is -0.998. The molecule has 4 nitrogen and oxygen atoms in total. The summed E-state index contributed by atoms with van der Waals surface area (Å²) in [6.45, 7) is 5.93. The summed E-state index contributed by atoms with van der Waals surface area (Å²) in [6.07, 6.45) is 3.58. The van der Waals surface area contributed by atoms with Crippen LogP contribution in [-0.2, 0) is 4.79 Å². The van der Waals surface area contributed by atoms with Crippen LogP contribution in [0.2, 0.25) is 0 Å². The van der Waals surface area contributed by atoms with Crippen molar-refractivity contribution in [1.82, 2.24) is 0 Å². The van der Waals surface area contributed by atoms with Crippen LogP contribution < -0.4 is 0 Å². The highest BCUT2D eigenvalue weighted by atomic mass is 16.4. The Bertz CT molecular complexity index is 1020. The van der Waals surface area contributed by atoms with Gasteiger partial charge in [0, 0.05) is 13.1 Å². The van der Waals surface area contributed by atoms with E-state index in [-0.39, 0.29) is 11.6 Å². The third-order valence-corrected chi connectivity index (χ3v) is 4.62. The first-order valence-corrected chi connectivity index (χ1v) is 9.29. The lowest BCUT2D eigenvalue weighted by Crippen LogP contribution is -2.25. The van der Waals surface area contributed by atoms with E-state index in [0.29, 0.717) is 11.4 Å². The number of aryl methyl sites for hydroxylation is 1. The number of carboxylic acid groups (broad SMARTS) is 1. The molecule has 28 heavy (non-hydrogen) atoms. The van der Waals surface area contributed by atoms with E-state index < -0.39 is 5.97 Å². The average Bonchev–Trinajstić information content (AvgIpc) is 2.68. The van der Waals surface area contributed by atoms with E-state index in [1.807, 2.05) is 44.2 Å². The summed E-state index contributed by atoms with van der Waals surface area (Å²) in [5.41, 5.74) is 6.50. The summed E-state index contributed by atoms with van der Waals surface area (Å²) in [6, 6.07) is 16.4. The van der Waals surface area contributed by atoms with Gasteiger partial charge in [-0.3, -0.25) is 9.98 Å². The molecule has 142 valence electrons. The van der Waals surface area contributed by atoms with Crippen molar-refractivity contribution in [3.63, 3.8) is 0 Å². The largest absolute Gasteiger partial charge is 0.478 e. The number of carboxylic acids is 1. The highest BCUT2D eigenvalue weighted by Crippen LogP contribution is 2.28. The van der Waals surface area contributed by atoms with Gasteiger partial charge in [0.15, 0.2) is 0 Å². The molecule has 0 amide bonds. The fraction of sp³-hybridized carbons (Fsp3) is 0.208. The molecule has 0 unspecified atom stereocenters. The number of hydrogen-bond donors (Lipinski definition) is 1. The SMILES string of the molecule is C/N=C1/C=C(c2ccc(-c3ccccc3C)cc2)C=C(C(=O)O)/C1=N/C(C)C. The molecule has 4 heteroatoms. The number of rotatable bonds is 4. The van der Waals surface area contributed by atoms with E-state index in [9.17, 15) is 9.90 Å². The van der Waals surface area contributed by atoms with Crippen molar-refractivity contribution in [1.29, 1.82) is 0 Å². The third kappa shape index (κ3) is 4.01. The normalized spacial score (nSPS) is 17.0. The number of aliphatic imine (C=N–C) groups is 2. The van der Waals surface area contributed by atoms with Gasteiger partial charge in [-0.1, -0.05) is 48.5 Å². The smallest absolute Gasteiger partial charge is 0.337 e. The molecule has 0 aliphatic heterocycles. The lowest BCUT2D eigenvalue weighted by atomic mass is 9.90. The van der Waals surface area contributed by atoms with Crippen LogP contribution in [0, 0.1) is 6.92 Å². The Kier molecular flexibility index (Phi) is 5.69. The van der Waals surface area contributed by atoms with Crippen LogP contribution in [0.5, 0.6) is 0 Å². The van der Waals surface area contributed by atoms with Gasteiger partial charge in [-0.15, -0.1) is 0 Å². The number of benzene rings is 2. The summed E-state index contributed by atoms with van der Waals surface area (Å²) in [5.74, 6) is -0.998. The fourth-order valence-electron chi connectivity index (χ4n) is 3.25.